The number of carbonyl (C=O) groups excluding carboxylic acids is 1. The maximum atomic E-state index is 12.1. The molecule has 1 atom stereocenters. The van der Waals surface area contributed by atoms with Crippen LogP contribution in [0.2, 0.25) is 0 Å². The van der Waals surface area contributed by atoms with Crippen LogP contribution in [0.15, 0.2) is 11.3 Å². The van der Waals surface area contributed by atoms with Gasteiger partial charge in [0.2, 0.25) is 5.91 Å². The molecule has 0 aromatic carbocycles. The molecule has 1 aromatic rings. The average molecular weight is 532 g/mol. The Kier molecular flexibility index (Phi) is 10.3. The van der Waals surface area contributed by atoms with Gasteiger partial charge in [0.15, 0.2) is 5.96 Å². The van der Waals surface area contributed by atoms with Crippen LogP contribution in [0.25, 0.3) is 0 Å². The molecule has 30 heavy (non-hydrogen) atoms. The number of aliphatic imine (C=N–C) groups is 1. The summed E-state index contributed by atoms with van der Waals surface area (Å²) in [4.78, 5) is 21.5. The topological polar surface area (TPSA) is 90.7 Å². The second-order valence-corrected chi connectivity index (χ2v) is 8.06. The molecule has 9 nitrogen and oxygen atoms in total. The summed E-state index contributed by atoms with van der Waals surface area (Å²) in [5.74, 6) is 2.12. The lowest BCUT2D eigenvalue weighted by Gasteiger charge is -2.37. The predicted molar refractivity (Wildman–Crippen MR) is 129 cm³/mol. The highest BCUT2D eigenvalue weighted by Gasteiger charge is 2.26. The molecular weight excluding hydrogens is 495 g/mol. The number of piperazine rings is 1. The van der Waals surface area contributed by atoms with Crippen LogP contribution in [0.3, 0.4) is 0 Å². The summed E-state index contributed by atoms with van der Waals surface area (Å²) in [6, 6.07) is 0.804. The fraction of sp³-hybridized carbons (Fsp3) is 0.800. The van der Waals surface area contributed by atoms with Crippen LogP contribution >= 0.6 is 24.0 Å². The number of rotatable bonds is 9. The van der Waals surface area contributed by atoms with E-state index in [4.69, 9.17) is 4.99 Å². The van der Waals surface area contributed by atoms with E-state index in [1.807, 2.05) is 0 Å². The van der Waals surface area contributed by atoms with Crippen LogP contribution in [-0.4, -0.2) is 87.8 Å². The van der Waals surface area contributed by atoms with Gasteiger partial charge in [-0.15, -0.1) is 34.2 Å². The Hall–Kier alpha value is -1.43. The molecule has 1 aliphatic carbocycles. The summed E-state index contributed by atoms with van der Waals surface area (Å²) in [5.41, 5.74) is 0. The summed E-state index contributed by atoms with van der Waals surface area (Å²) in [6.45, 7) is 11.9. The van der Waals surface area contributed by atoms with E-state index in [2.05, 4.69) is 56.0 Å². The van der Waals surface area contributed by atoms with Gasteiger partial charge in [0, 0.05) is 51.2 Å². The highest BCUT2D eigenvalue weighted by molar-refractivity contribution is 14.0. The second-order valence-electron chi connectivity index (χ2n) is 8.06. The molecule has 3 rings (SSSR count). The van der Waals surface area contributed by atoms with Crippen molar-refractivity contribution < 1.29 is 4.79 Å². The van der Waals surface area contributed by atoms with E-state index >= 15 is 0 Å². The van der Waals surface area contributed by atoms with Crippen molar-refractivity contribution in [2.75, 3.05) is 39.3 Å². The number of carbonyl (C=O) groups is 1. The minimum absolute atomic E-state index is 0. The quantitative estimate of drug-likeness (QED) is 0.281. The van der Waals surface area contributed by atoms with Crippen molar-refractivity contribution in [3.63, 3.8) is 0 Å². The molecular formula is C20H37IN8O. The van der Waals surface area contributed by atoms with Crippen molar-refractivity contribution in [1.29, 1.82) is 0 Å². The monoisotopic (exact) mass is 532 g/mol. The molecule has 2 N–H and O–H groups in total. The Morgan fingerprint density at radius 2 is 2.00 bits per heavy atom. The van der Waals surface area contributed by atoms with Crippen molar-refractivity contribution in [2.45, 2.75) is 65.1 Å². The average Bonchev–Trinajstić information content (AvgIpc) is 3.41. The molecule has 1 saturated carbocycles. The van der Waals surface area contributed by atoms with Crippen molar-refractivity contribution in [3.05, 3.63) is 12.2 Å². The minimum atomic E-state index is 0. The molecule has 0 spiro atoms. The lowest BCUT2D eigenvalue weighted by atomic mass is 10.2. The van der Waals surface area contributed by atoms with E-state index in [-0.39, 0.29) is 29.9 Å². The first-order valence-electron chi connectivity index (χ1n) is 11.0. The molecule has 1 amide bonds. The Morgan fingerprint density at radius 3 is 2.63 bits per heavy atom. The standard InChI is InChI=1S/C20H36N8O.HI/c1-4-16(3)23-20(21-8-9-28-15-22-25-18(28)5-2)27-12-10-26(11-13-27)14-19(29)24-17-6-7-17;/h15-17H,4-14H2,1-3H3,(H,21,23)(H,24,29);1H. The van der Waals surface area contributed by atoms with Gasteiger partial charge in [0.1, 0.15) is 12.2 Å². The molecule has 2 aliphatic rings. The molecule has 2 heterocycles. The minimum Gasteiger partial charge on any atom is -0.354 e. The summed E-state index contributed by atoms with van der Waals surface area (Å²) >= 11 is 0. The van der Waals surface area contributed by atoms with Crippen molar-refractivity contribution >= 4 is 35.8 Å². The third-order valence-corrected chi connectivity index (χ3v) is 5.58. The molecule has 1 unspecified atom stereocenters. The molecule has 1 aromatic heterocycles. The molecule has 10 heteroatoms. The van der Waals surface area contributed by atoms with E-state index in [1.54, 1.807) is 6.33 Å². The third-order valence-electron chi connectivity index (χ3n) is 5.58. The van der Waals surface area contributed by atoms with Crippen molar-refractivity contribution in [1.82, 2.24) is 35.2 Å². The number of amides is 1. The SMILES string of the molecule is CCc1nncn1CCN=C(NC(C)CC)N1CCN(CC(=O)NC2CC2)CC1.I. The van der Waals surface area contributed by atoms with Crippen LogP contribution in [0.4, 0.5) is 0 Å². The van der Waals surface area contributed by atoms with Crippen LogP contribution in [0, 0.1) is 0 Å². The lowest BCUT2D eigenvalue weighted by Crippen LogP contribution is -2.55. The summed E-state index contributed by atoms with van der Waals surface area (Å²) in [5, 5.41) is 14.8. The van der Waals surface area contributed by atoms with E-state index in [9.17, 15) is 4.79 Å². The van der Waals surface area contributed by atoms with Gasteiger partial charge in [0.25, 0.3) is 0 Å². The van der Waals surface area contributed by atoms with Gasteiger partial charge in [-0.1, -0.05) is 13.8 Å². The van der Waals surface area contributed by atoms with Gasteiger partial charge in [-0.2, -0.15) is 0 Å². The van der Waals surface area contributed by atoms with Gasteiger partial charge in [-0.3, -0.25) is 14.7 Å². The lowest BCUT2D eigenvalue weighted by molar-refractivity contribution is -0.122. The molecule has 2 fully saturated rings. The van der Waals surface area contributed by atoms with Crippen LogP contribution in [-0.2, 0) is 17.8 Å². The largest absolute Gasteiger partial charge is 0.354 e. The van der Waals surface area contributed by atoms with Gasteiger partial charge in [-0.25, -0.2) is 0 Å². The van der Waals surface area contributed by atoms with Gasteiger partial charge in [0.05, 0.1) is 13.1 Å². The highest BCUT2D eigenvalue weighted by atomic mass is 127. The van der Waals surface area contributed by atoms with Crippen molar-refractivity contribution in [3.8, 4) is 0 Å². The maximum Gasteiger partial charge on any atom is 0.234 e. The van der Waals surface area contributed by atoms with Crippen LogP contribution in [0.5, 0.6) is 0 Å². The van der Waals surface area contributed by atoms with Crippen molar-refractivity contribution in [2.24, 2.45) is 4.99 Å². The van der Waals surface area contributed by atoms with Crippen LogP contribution in [0.1, 0.15) is 45.9 Å². The Bertz CT molecular complexity index is 682. The first-order chi connectivity index (χ1) is 14.1. The van der Waals surface area contributed by atoms with Gasteiger partial charge in [-0.05, 0) is 26.2 Å². The molecule has 1 aliphatic heterocycles. The number of aryl methyl sites for hydroxylation is 1. The Morgan fingerprint density at radius 1 is 1.27 bits per heavy atom. The maximum absolute atomic E-state index is 12.1. The predicted octanol–water partition coefficient (Wildman–Crippen LogP) is 1.10. The molecule has 170 valence electrons. The van der Waals surface area contributed by atoms with E-state index < -0.39 is 0 Å². The number of hydrogen-bond acceptors (Lipinski definition) is 5. The normalized spacial score (nSPS) is 18.6. The smallest absolute Gasteiger partial charge is 0.234 e. The third kappa shape index (κ3) is 7.68. The zero-order valence-electron chi connectivity index (χ0n) is 18.5. The number of guanidine groups is 1. The van der Waals surface area contributed by atoms with Gasteiger partial charge >= 0.3 is 0 Å². The van der Waals surface area contributed by atoms with E-state index in [0.717, 1.165) is 70.2 Å². The summed E-state index contributed by atoms with van der Waals surface area (Å²) < 4.78 is 2.07. The number of nitrogens with one attached hydrogen (secondary N) is 2. The zero-order chi connectivity index (χ0) is 20.6. The number of halogens is 1. The van der Waals surface area contributed by atoms with E-state index in [1.165, 1.54) is 0 Å². The molecule has 0 radical (unpaired) electrons. The number of nitrogens with zero attached hydrogens (tertiary/aromatic N) is 6. The summed E-state index contributed by atoms with van der Waals surface area (Å²) in [6.07, 6.45) is 5.97. The molecule has 1 saturated heterocycles. The summed E-state index contributed by atoms with van der Waals surface area (Å²) in [7, 11) is 0. The fourth-order valence-corrected chi connectivity index (χ4v) is 3.38. The highest BCUT2D eigenvalue weighted by Crippen LogP contribution is 2.18. The number of hydrogen-bond donors (Lipinski definition) is 2. The second kappa shape index (κ2) is 12.4. The fourth-order valence-electron chi connectivity index (χ4n) is 3.38. The number of aromatic nitrogens is 3. The zero-order valence-corrected chi connectivity index (χ0v) is 20.8. The Labute approximate surface area is 197 Å². The first-order valence-corrected chi connectivity index (χ1v) is 11.0. The molecule has 0 bridgehead atoms. The first kappa shape index (κ1) is 24.8. The van der Waals surface area contributed by atoms with Crippen LogP contribution < -0.4 is 10.6 Å². The van der Waals surface area contributed by atoms with E-state index in [0.29, 0.717) is 25.2 Å². The van der Waals surface area contributed by atoms with Gasteiger partial charge < -0.3 is 20.1 Å². The Balaban J connectivity index is 0.00000320.